The molecule has 0 bridgehead atoms. The monoisotopic (exact) mass is 460 g/mol. The van der Waals surface area contributed by atoms with E-state index >= 15 is 0 Å². The van der Waals surface area contributed by atoms with Gasteiger partial charge in [0.1, 0.15) is 5.92 Å². The van der Waals surface area contributed by atoms with Crippen molar-refractivity contribution in [3.05, 3.63) is 0 Å². The number of unbranched alkanes of at least 4 members (excludes halogenated alkanes) is 7. The smallest absolute Gasteiger partial charge is 0.349 e. The van der Waals surface area contributed by atoms with E-state index in [9.17, 15) is 39.3 Å². The van der Waals surface area contributed by atoms with Gasteiger partial charge in [0.25, 0.3) is 0 Å². The van der Waals surface area contributed by atoms with E-state index in [4.69, 9.17) is 14.6 Å². The zero-order valence-corrected chi connectivity index (χ0v) is 18.0. The number of carboxylic acid groups (broad SMARTS) is 3. The molecule has 0 aromatic heterocycles. The van der Waals surface area contributed by atoms with Crippen LogP contribution in [-0.2, 0) is 33.4 Å². The normalized spacial score (nSPS) is 19.7. The summed E-state index contributed by atoms with van der Waals surface area (Å²) in [6.07, 6.45) is 3.77. The summed E-state index contributed by atoms with van der Waals surface area (Å²) in [5.41, 5.74) is -1.98. The van der Waals surface area contributed by atoms with Crippen LogP contribution in [0.5, 0.6) is 0 Å². The molecule has 0 radical (unpaired) electrons. The highest BCUT2D eigenvalue weighted by molar-refractivity contribution is 5.91. The molecule has 0 aromatic rings. The van der Waals surface area contributed by atoms with Gasteiger partial charge in [0.15, 0.2) is 6.10 Å². The van der Waals surface area contributed by atoms with Gasteiger partial charge in [-0.25, -0.2) is 9.59 Å². The lowest BCUT2D eigenvalue weighted by Crippen LogP contribution is -2.49. The quantitative estimate of drug-likeness (QED) is 0.183. The average Bonchev–Trinajstić information content (AvgIpc) is 3.10. The Bertz CT molecular complexity index is 675. The van der Waals surface area contributed by atoms with Crippen molar-refractivity contribution in [1.82, 2.24) is 0 Å². The minimum atomic E-state index is -1.98. The molecule has 11 heteroatoms. The van der Waals surface area contributed by atoms with Gasteiger partial charge in [0.05, 0.1) is 13.0 Å². The summed E-state index contributed by atoms with van der Waals surface area (Å²) >= 11 is 0. The van der Waals surface area contributed by atoms with Crippen LogP contribution in [0.2, 0.25) is 0 Å². The molecule has 1 aliphatic heterocycles. The predicted octanol–water partition coefficient (Wildman–Crippen LogP) is 1.74. The molecule has 0 aliphatic carbocycles. The number of aliphatic hydroxyl groups excluding tert-OH is 1. The van der Waals surface area contributed by atoms with Gasteiger partial charge in [-0.1, -0.05) is 44.9 Å². The number of ether oxygens (including phenoxy) is 2. The summed E-state index contributed by atoms with van der Waals surface area (Å²) in [5.74, 6) is -6.88. The first-order valence-corrected chi connectivity index (χ1v) is 10.8. The fraction of sp³-hybridized carbons (Fsp3) is 0.762. The number of carbonyl (C=O) groups excluding carboxylic acids is 2. The van der Waals surface area contributed by atoms with Crippen molar-refractivity contribution in [3.63, 3.8) is 0 Å². The van der Waals surface area contributed by atoms with Gasteiger partial charge in [-0.2, -0.15) is 0 Å². The van der Waals surface area contributed by atoms with Crippen molar-refractivity contribution in [3.8, 4) is 0 Å². The van der Waals surface area contributed by atoms with Gasteiger partial charge in [-0.15, -0.1) is 0 Å². The van der Waals surface area contributed by atoms with Crippen molar-refractivity contribution in [1.29, 1.82) is 0 Å². The molecule has 0 aromatic carbocycles. The molecule has 0 spiro atoms. The highest BCUT2D eigenvalue weighted by atomic mass is 16.6. The van der Waals surface area contributed by atoms with Crippen molar-refractivity contribution < 1.29 is 53.9 Å². The first kappa shape index (κ1) is 27.3. The number of carbonyl (C=O) groups is 5. The minimum Gasteiger partial charge on any atom is -0.481 e. The summed E-state index contributed by atoms with van der Waals surface area (Å²) in [6.45, 7) is 0.113. The first-order valence-electron chi connectivity index (χ1n) is 10.8. The van der Waals surface area contributed by atoms with Gasteiger partial charge in [0.2, 0.25) is 5.60 Å². The van der Waals surface area contributed by atoms with Crippen molar-refractivity contribution in [2.75, 3.05) is 6.61 Å². The molecule has 4 N–H and O–H groups in total. The second kappa shape index (κ2) is 13.7. The molecule has 11 nitrogen and oxygen atoms in total. The van der Waals surface area contributed by atoms with E-state index in [1.165, 1.54) is 0 Å². The van der Waals surface area contributed by atoms with Crippen LogP contribution < -0.4 is 0 Å². The fourth-order valence-corrected chi connectivity index (χ4v) is 3.72. The molecule has 3 unspecified atom stereocenters. The third-order valence-electron chi connectivity index (χ3n) is 5.49. The maximum absolute atomic E-state index is 11.6. The third-order valence-corrected chi connectivity index (χ3v) is 5.49. The van der Waals surface area contributed by atoms with Crippen molar-refractivity contribution >= 4 is 29.8 Å². The van der Waals surface area contributed by atoms with E-state index in [0.29, 0.717) is 12.8 Å². The molecule has 182 valence electrons. The molecule has 1 saturated heterocycles. The Labute approximate surface area is 185 Å². The molecule has 32 heavy (non-hydrogen) atoms. The van der Waals surface area contributed by atoms with Crippen LogP contribution in [0, 0.1) is 5.92 Å². The van der Waals surface area contributed by atoms with E-state index in [0.717, 1.165) is 38.5 Å². The van der Waals surface area contributed by atoms with E-state index in [1.807, 2.05) is 0 Å². The maximum Gasteiger partial charge on any atom is 0.349 e. The van der Waals surface area contributed by atoms with Crippen LogP contribution in [0.15, 0.2) is 0 Å². The van der Waals surface area contributed by atoms with Gasteiger partial charge < -0.3 is 29.9 Å². The number of rotatable bonds is 17. The molecule has 1 heterocycles. The van der Waals surface area contributed by atoms with Crippen LogP contribution in [0.3, 0.4) is 0 Å². The summed E-state index contributed by atoms with van der Waals surface area (Å²) in [4.78, 5) is 56.3. The largest absolute Gasteiger partial charge is 0.481 e. The van der Waals surface area contributed by atoms with Gasteiger partial charge in [-0.3, -0.25) is 14.4 Å². The molecule has 1 rings (SSSR count). The summed E-state index contributed by atoms with van der Waals surface area (Å²) in [6, 6.07) is 0. The summed E-state index contributed by atoms with van der Waals surface area (Å²) in [7, 11) is 0. The highest BCUT2D eigenvalue weighted by Crippen LogP contribution is 2.37. The highest BCUT2D eigenvalue weighted by Gasteiger charge is 2.56. The number of hydrogen-bond donors (Lipinski definition) is 4. The number of carboxylic acids is 3. The number of cyclic esters (lactones) is 1. The number of aliphatic carboxylic acids is 3. The van der Waals surface area contributed by atoms with E-state index in [1.54, 1.807) is 0 Å². The molecule has 0 saturated carbocycles. The Kier molecular flexibility index (Phi) is 11.7. The van der Waals surface area contributed by atoms with Crippen molar-refractivity contribution in [2.45, 2.75) is 88.8 Å². The van der Waals surface area contributed by atoms with Gasteiger partial charge >= 0.3 is 29.8 Å². The molecule has 0 amide bonds. The Morgan fingerprint density at radius 2 is 1.50 bits per heavy atom. The lowest BCUT2D eigenvalue weighted by molar-refractivity contribution is -0.182. The van der Waals surface area contributed by atoms with Crippen LogP contribution >= 0.6 is 0 Å². The zero-order valence-electron chi connectivity index (χ0n) is 18.0. The first-order chi connectivity index (χ1) is 15.1. The van der Waals surface area contributed by atoms with Crippen LogP contribution in [0.4, 0.5) is 0 Å². The Morgan fingerprint density at radius 1 is 0.938 bits per heavy atom. The van der Waals surface area contributed by atoms with Gasteiger partial charge in [0, 0.05) is 12.8 Å². The lowest BCUT2D eigenvalue weighted by Gasteiger charge is -2.29. The second-order valence-corrected chi connectivity index (χ2v) is 7.96. The van der Waals surface area contributed by atoms with Crippen LogP contribution in [-0.4, -0.2) is 68.6 Å². The predicted molar refractivity (Wildman–Crippen MR) is 108 cm³/mol. The maximum atomic E-state index is 11.6. The Hall–Kier alpha value is -2.69. The van der Waals surface area contributed by atoms with Crippen molar-refractivity contribution in [2.24, 2.45) is 5.92 Å². The van der Waals surface area contributed by atoms with E-state index < -0.39 is 53.9 Å². The molecule has 3 atom stereocenters. The third kappa shape index (κ3) is 8.81. The van der Waals surface area contributed by atoms with Gasteiger partial charge in [-0.05, 0) is 12.8 Å². The van der Waals surface area contributed by atoms with Crippen LogP contribution in [0.25, 0.3) is 0 Å². The molecule has 1 fully saturated rings. The number of hydrogen-bond acceptors (Lipinski definition) is 8. The second-order valence-electron chi connectivity index (χ2n) is 7.96. The van der Waals surface area contributed by atoms with E-state index in [-0.39, 0.29) is 25.9 Å². The SMILES string of the molecule is O=C(O)CC(O)C(=O)OCCCCCCCCCCC(C(=O)O)C1(C(=O)O)CCC(=O)O1. The summed E-state index contributed by atoms with van der Waals surface area (Å²) < 4.78 is 9.74. The van der Waals surface area contributed by atoms with E-state index in [2.05, 4.69) is 0 Å². The minimum absolute atomic E-state index is 0.0990. The molecule has 1 aliphatic rings. The zero-order chi connectivity index (χ0) is 24.1. The summed E-state index contributed by atoms with van der Waals surface area (Å²) in [5, 5.41) is 36.7. The average molecular weight is 460 g/mol. The lowest BCUT2D eigenvalue weighted by atomic mass is 9.81. The topological polar surface area (TPSA) is 185 Å². The Morgan fingerprint density at radius 3 is 1.97 bits per heavy atom. The number of esters is 2. The Balaban J connectivity index is 2.14. The molecular weight excluding hydrogens is 428 g/mol. The number of aliphatic hydroxyl groups is 1. The van der Waals surface area contributed by atoms with Crippen LogP contribution in [0.1, 0.15) is 77.0 Å². The fourth-order valence-electron chi connectivity index (χ4n) is 3.72. The standard InChI is InChI=1S/C21H32O11/c22-15(13-16(23)24)19(28)31-12-8-6-4-2-1-3-5-7-9-14(18(26)27)21(20(29)30)11-10-17(25)32-21/h14-15,22H,1-13H2,(H,23,24)(H,26,27)(H,29,30). The molecular formula is C21H32O11.